The number of anilines is 2. The third-order valence-electron chi connectivity index (χ3n) is 2.57. The molecule has 2 aromatic rings. The fourth-order valence-corrected chi connectivity index (χ4v) is 1.65. The molecule has 5 heteroatoms. The van der Waals surface area contributed by atoms with Gasteiger partial charge in [0.25, 0.3) is 0 Å². The lowest BCUT2D eigenvalue weighted by atomic mass is 10.1. The molecule has 0 bridgehead atoms. The number of nitrogens with two attached hydrogens (primary N) is 1. The average molecular weight is 265 g/mol. The van der Waals surface area contributed by atoms with E-state index in [0.29, 0.717) is 17.9 Å². The Morgan fingerprint density at radius 3 is 2.63 bits per heavy atom. The molecule has 0 aliphatic carbocycles. The van der Waals surface area contributed by atoms with Crippen LogP contribution in [-0.2, 0) is 12.7 Å². The van der Waals surface area contributed by atoms with E-state index in [0.717, 1.165) is 17.7 Å². The molecule has 0 spiro atoms. The topological polar surface area (TPSA) is 38.0 Å². The standard InChI is InChI=1S/C14H12F3N2/c15-14(16,17)11-4-2-6-13(8-11)19-9-10-3-1-5-12(18)7-10/h1-4,6-8,19H,9,18H2. The van der Waals surface area contributed by atoms with E-state index in [-0.39, 0.29) is 0 Å². The zero-order valence-electron chi connectivity index (χ0n) is 9.96. The van der Waals surface area contributed by atoms with Crippen LogP contribution >= 0.6 is 0 Å². The first-order chi connectivity index (χ1) is 8.95. The molecule has 0 unspecified atom stereocenters. The Labute approximate surface area is 109 Å². The number of halogens is 3. The third kappa shape index (κ3) is 3.64. The van der Waals surface area contributed by atoms with Crippen molar-refractivity contribution in [3.8, 4) is 0 Å². The van der Waals surface area contributed by atoms with Gasteiger partial charge in [0, 0.05) is 24.0 Å². The summed E-state index contributed by atoms with van der Waals surface area (Å²) >= 11 is 0. The minimum atomic E-state index is -4.33. The zero-order chi connectivity index (χ0) is 13.9. The molecule has 2 aromatic carbocycles. The number of hydrogen-bond donors (Lipinski definition) is 2. The highest BCUT2D eigenvalue weighted by Crippen LogP contribution is 2.30. The summed E-state index contributed by atoms with van der Waals surface area (Å²) < 4.78 is 37.6. The maximum Gasteiger partial charge on any atom is 0.416 e. The molecule has 0 heterocycles. The molecule has 0 saturated carbocycles. The number of rotatable bonds is 3. The van der Waals surface area contributed by atoms with Crippen LogP contribution in [0.1, 0.15) is 11.1 Å². The Balaban J connectivity index is 2.08. The van der Waals surface area contributed by atoms with Crippen molar-refractivity contribution in [2.45, 2.75) is 12.7 Å². The van der Waals surface area contributed by atoms with Crippen LogP contribution in [-0.4, -0.2) is 0 Å². The van der Waals surface area contributed by atoms with Gasteiger partial charge < -0.3 is 11.1 Å². The smallest absolute Gasteiger partial charge is 0.398 e. The van der Waals surface area contributed by atoms with Crippen LogP contribution < -0.4 is 11.1 Å². The van der Waals surface area contributed by atoms with Crippen LogP contribution in [0.5, 0.6) is 0 Å². The lowest BCUT2D eigenvalue weighted by Gasteiger charge is -2.10. The Morgan fingerprint density at radius 1 is 1.16 bits per heavy atom. The molecule has 19 heavy (non-hydrogen) atoms. The normalized spacial score (nSPS) is 11.3. The van der Waals surface area contributed by atoms with Crippen molar-refractivity contribution in [3.05, 3.63) is 59.7 Å². The van der Waals surface area contributed by atoms with Crippen molar-refractivity contribution in [2.24, 2.45) is 0 Å². The molecule has 0 aromatic heterocycles. The van der Waals surface area contributed by atoms with Crippen LogP contribution in [0, 0.1) is 6.07 Å². The van der Waals surface area contributed by atoms with E-state index < -0.39 is 11.7 Å². The Kier molecular flexibility index (Phi) is 3.64. The molecule has 0 fully saturated rings. The summed E-state index contributed by atoms with van der Waals surface area (Å²) in [5, 5.41) is 2.93. The van der Waals surface area contributed by atoms with Gasteiger partial charge in [0.15, 0.2) is 0 Å². The van der Waals surface area contributed by atoms with Gasteiger partial charge in [-0.2, -0.15) is 13.2 Å². The van der Waals surface area contributed by atoms with Crippen molar-refractivity contribution in [2.75, 3.05) is 11.1 Å². The Bertz CT molecular complexity index is 565. The van der Waals surface area contributed by atoms with Crippen molar-refractivity contribution in [3.63, 3.8) is 0 Å². The molecule has 0 atom stereocenters. The van der Waals surface area contributed by atoms with Crippen molar-refractivity contribution < 1.29 is 13.2 Å². The monoisotopic (exact) mass is 265 g/mol. The number of nitrogens with one attached hydrogen (secondary N) is 1. The van der Waals surface area contributed by atoms with E-state index in [1.807, 2.05) is 0 Å². The molecule has 0 amide bonds. The van der Waals surface area contributed by atoms with Gasteiger partial charge in [-0.1, -0.05) is 18.2 Å². The SMILES string of the molecule is Nc1[c]ccc(CNc2cccc(C(F)(F)F)c2)c1. The zero-order valence-corrected chi connectivity index (χ0v) is 9.96. The summed E-state index contributed by atoms with van der Waals surface area (Å²) in [7, 11) is 0. The largest absolute Gasteiger partial charge is 0.416 e. The second kappa shape index (κ2) is 5.22. The predicted octanol–water partition coefficient (Wildman–Crippen LogP) is 3.70. The van der Waals surface area contributed by atoms with Gasteiger partial charge in [-0.25, -0.2) is 0 Å². The average Bonchev–Trinajstić information content (AvgIpc) is 2.36. The highest BCUT2D eigenvalue weighted by molar-refractivity contribution is 5.48. The van der Waals surface area contributed by atoms with Gasteiger partial charge in [-0.05, 0) is 29.8 Å². The van der Waals surface area contributed by atoms with E-state index in [1.54, 1.807) is 24.3 Å². The van der Waals surface area contributed by atoms with Crippen molar-refractivity contribution >= 4 is 11.4 Å². The molecule has 0 aliphatic rings. The van der Waals surface area contributed by atoms with E-state index in [1.165, 1.54) is 6.07 Å². The molecule has 0 aliphatic heterocycles. The lowest BCUT2D eigenvalue weighted by molar-refractivity contribution is -0.137. The number of nitrogen functional groups attached to an aromatic ring is 1. The minimum absolute atomic E-state index is 0.403. The molecule has 1 radical (unpaired) electrons. The maximum absolute atomic E-state index is 12.5. The first-order valence-electron chi connectivity index (χ1n) is 5.62. The first kappa shape index (κ1) is 13.3. The van der Waals surface area contributed by atoms with Crippen molar-refractivity contribution in [1.29, 1.82) is 0 Å². The number of hydrogen-bond acceptors (Lipinski definition) is 2. The van der Waals surface area contributed by atoms with Crippen LogP contribution in [0.4, 0.5) is 24.5 Å². The summed E-state index contributed by atoms with van der Waals surface area (Å²) in [4.78, 5) is 0. The van der Waals surface area contributed by atoms with E-state index in [9.17, 15) is 13.2 Å². The summed E-state index contributed by atoms with van der Waals surface area (Å²) in [6.45, 7) is 0.403. The van der Waals surface area contributed by atoms with Crippen LogP contribution in [0.3, 0.4) is 0 Å². The van der Waals surface area contributed by atoms with Gasteiger partial charge >= 0.3 is 6.18 Å². The number of alkyl halides is 3. The fourth-order valence-electron chi connectivity index (χ4n) is 1.65. The molecular formula is C14H12F3N2. The summed E-state index contributed by atoms with van der Waals surface area (Å²) in [5.41, 5.74) is 6.71. The molecule has 99 valence electrons. The minimum Gasteiger partial charge on any atom is -0.398 e. The van der Waals surface area contributed by atoms with Crippen LogP contribution in [0.2, 0.25) is 0 Å². The fraction of sp³-hybridized carbons (Fsp3) is 0.143. The molecule has 2 nitrogen and oxygen atoms in total. The maximum atomic E-state index is 12.5. The molecule has 2 rings (SSSR count). The lowest BCUT2D eigenvalue weighted by Crippen LogP contribution is -2.06. The summed E-state index contributed by atoms with van der Waals surface area (Å²) in [6, 6.07) is 13.1. The molecule has 0 saturated heterocycles. The van der Waals surface area contributed by atoms with E-state index in [4.69, 9.17) is 5.73 Å². The molecular weight excluding hydrogens is 253 g/mol. The van der Waals surface area contributed by atoms with Gasteiger partial charge in [0.2, 0.25) is 0 Å². The Morgan fingerprint density at radius 2 is 1.95 bits per heavy atom. The van der Waals surface area contributed by atoms with Gasteiger partial charge in [0.1, 0.15) is 0 Å². The van der Waals surface area contributed by atoms with E-state index >= 15 is 0 Å². The third-order valence-corrected chi connectivity index (χ3v) is 2.57. The second-order valence-electron chi connectivity index (χ2n) is 4.08. The van der Waals surface area contributed by atoms with E-state index in [2.05, 4.69) is 11.4 Å². The number of benzene rings is 2. The van der Waals surface area contributed by atoms with Crippen LogP contribution in [0.25, 0.3) is 0 Å². The van der Waals surface area contributed by atoms with Gasteiger partial charge in [-0.3, -0.25) is 0 Å². The highest BCUT2D eigenvalue weighted by Gasteiger charge is 2.30. The summed E-state index contributed by atoms with van der Waals surface area (Å²) in [5.74, 6) is 0. The summed E-state index contributed by atoms with van der Waals surface area (Å²) in [6.07, 6.45) is -4.33. The predicted molar refractivity (Wildman–Crippen MR) is 68.5 cm³/mol. The van der Waals surface area contributed by atoms with Crippen molar-refractivity contribution in [1.82, 2.24) is 0 Å². The van der Waals surface area contributed by atoms with Gasteiger partial charge in [0.05, 0.1) is 5.56 Å². The second-order valence-corrected chi connectivity index (χ2v) is 4.08. The first-order valence-corrected chi connectivity index (χ1v) is 5.62. The van der Waals surface area contributed by atoms with Crippen LogP contribution in [0.15, 0.2) is 42.5 Å². The Hall–Kier alpha value is -2.17. The quantitative estimate of drug-likeness (QED) is 0.830. The van der Waals surface area contributed by atoms with Gasteiger partial charge in [-0.15, -0.1) is 0 Å². The molecule has 3 N–H and O–H groups in total. The highest BCUT2D eigenvalue weighted by atomic mass is 19.4.